The van der Waals surface area contributed by atoms with Crippen molar-refractivity contribution in [2.75, 3.05) is 7.05 Å². The minimum atomic E-state index is -0.817. The van der Waals surface area contributed by atoms with Gasteiger partial charge in [0.15, 0.2) is 12.1 Å². The highest BCUT2D eigenvalue weighted by Gasteiger charge is 2.04. The van der Waals surface area contributed by atoms with Gasteiger partial charge in [-0.05, 0) is 14.0 Å². The first-order valence-corrected chi connectivity index (χ1v) is 2.78. The van der Waals surface area contributed by atoms with E-state index >= 15 is 0 Å². The predicted octanol–water partition coefficient (Wildman–Crippen LogP) is -0.288. The molecule has 0 radical (unpaired) electrons. The smallest absolute Gasteiger partial charge is 0.320 e. The van der Waals surface area contributed by atoms with Crippen LogP contribution in [0, 0.1) is 22.7 Å². The molecule has 2 N–H and O–H groups in total. The Hall–Kier alpha value is -1.59. The number of hydrogen-bond donors (Lipinski definition) is 2. The van der Waals surface area contributed by atoms with Crippen LogP contribution in [-0.2, 0) is 4.79 Å². The van der Waals surface area contributed by atoms with Crippen LogP contribution in [0.3, 0.4) is 0 Å². The largest absolute Gasteiger partial charge is 0.480 e. The van der Waals surface area contributed by atoms with Crippen molar-refractivity contribution in [3.63, 3.8) is 0 Å². The first kappa shape index (κ1) is 12.1. The Bertz CT molecular complexity index is 177. The Balaban J connectivity index is 0. The highest BCUT2D eigenvalue weighted by Crippen LogP contribution is 1.74. The second kappa shape index (κ2) is 8.41. The number of nitriles is 2. The zero-order valence-electron chi connectivity index (χ0n) is 6.33. The fourth-order valence-corrected chi connectivity index (χ4v) is 0.123. The summed E-state index contributed by atoms with van der Waals surface area (Å²) in [6, 6.07) is 2.04. The lowest BCUT2D eigenvalue weighted by Gasteiger charge is -1.99. The number of hydrogen-bond acceptors (Lipinski definition) is 4. The minimum Gasteiger partial charge on any atom is -0.480 e. The Kier molecular flexibility index (Phi) is 9.27. The Morgan fingerprint density at radius 3 is 1.91 bits per heavy atom. The third-order valence-electron chi connectivity index (χ3n) is 0.853. The zero-order valence-corrected chi connectivity index (χ0v) is 6.33. The zero-order chi connectivity index (χ0) is 9.28. The molecule has 0 saturated carbocycles. The maximum Gasteiger partial charge on any atom is 0.320 e. The number of nitrogens with zero attached hydrogens (tertiary/aromatic N) is 2. The van der Waals surface area contributed by atoms with Crippen molar-refractivity contribution in [1.82, 2.24) is 5.32 Å². The van der Waals surface area contributed by atoms with Gasteiger partial charge in [-0.3, -0.25) is 4.79 Å². The first-order chi connectivity index (χ1) is 5.09. The highest BCUT2D eigenvalue weighted by atomic mass is 16.4. The van der Waals surface area contributed by atoms with Crippen LogP contribution < -0.4 is 5.32 Å². The molecule has 60 valence electrons. The molecule has 0 aromatic heterocycles. The summed E-state index contributed by atoms with van der Waals surface area (Å²) in [5.41, 5.74) is 0. The van der Waals surface area contributed by atoms with E-state index < -0.39 is 12.0 Å². The molecule has 5 nitrogen and oxygen atoms in total. The molecule has 0 heterocycles. The summed E-state index contributed by atoms with van der Waals surface area (Å²) < 4.78 is 0. The van der Waals surface area contributed by atoms with Gasteiger partial charge in [0.05, 0.1) is 0 Å². The van der Waals surface area contributed by atoms with Crippen molar-refractivity contribution < 1.29 is 9.90 Å². The van der Waals surface area contributed by atoms with E-state index in [2.05, 4.69) is 5.32 Å². The number of aliphatic carboxylic acids is 1. The lowest BCUT2D eigenvalue weighted by molar-refractivity contribution is -0.138. The van der Waals surface area contributed by atoms with E-state index in [1.807, 2.05) is 0 Å². The van der Waals surface area contributed by atoms with Crippen molar-refractivity contribution in [2.45, 2.75) is 13.0 Å². The number of carboxylic acids is 1. The van der Waals surface area contributed by atoms with E-state index in [1.165, 1.54) is 12.1 Å². The molecular weight excluding hydrogens is 146 g/mol. The number of carboxylic acid groups (broad SMARTS) is 1. The summed E-state index contributed by atoms with van der Waals surface area (Å²) in [6.07, 6.45) is 0. The first-order valence-electron chi connectivity index (χ1n) is 2.78. The van der Waals surface area contributed by atoms with Crippen LogP contribution in [0.25, 0.3) is 0 Å². The standard InChI is InChI=1S/C4H9NO2.C2N2/c1-3(5-2)4(6)7;3-1-2-4/h3,5H,1-2H3,(H,6,7);. The van der Waals surface area contributed by atoms with Crippen LogP contribution in [0.1, 0.15) is 6.92 Å². The van der Waals surface area contributed by atoms with Gasteiger partial charge in [-0.25, -0.2) is 0 Å². The van der Waals surface area contributed by atoms with Gasteiger partial charge in [0.1, 0.15) is 6.04 Å². The van der Waals surface area contributed by atoms with E-state index in [9.17, 15) is 4.79 Å². The molecule has 0 aromatic carbocycles. The fourth-order valence-electron chi connectivity index (χ4n) is 0.123. The summed E-state index contributed by atoms with van der Waals surface area (Å²) in [4.78, 5) is 9.87. The van der Waals surface area contributed by atoms with E-state index in [4.69, 9.17) is 15.6 Å². The molecule has 0 saturated heterocycles. The second-order valence-electron chi connectivity index (χ2n) is 1.57. The summed E-state index contributed by atoms with van der Waals surface area (Å²) in [6.45, 7) is 1.59. The van der Waals surface area contributed by atoms with Crippen LogP contribution in [0.2, 0.25) is 0 Å². The molecule has 0 aliphatic rings. The van der Waals surface area contributed by atoms with Crippen molar-refractivity contribution in [2.24, 2.45) is 0 Å². The lowest BCUT2D eigenvalue weighted by Crippen LogP contribution is -2.29. The lowest BCUT2D eigenvalue weighted by atomic mass is 10.4. The molecule has 0 aromatic rings. The van der Waals surface area contributed by atoms with Gasteiger partial charge in [0.2, 0.25) is 0 Å². The van der Waals surface area contributed by atoms with E-state index in [0.717, 1.165) is 0 Å². The van der Waals surface area contributed by atoms with Gasteiger partial charge in [0, 0.05) is 0 Å². The van der Waals surface area contributed by atoms with Crippen LogP contribution in [0.15, 0.2) is 0 Å². The molecule has 5 heteroatoms. The number of rotatable bonds is 2. The monoisotopic (exact) mass is 155 g/mol. The molecule has 1 unspecified atom stereocenters. The minimum absolute atomic E-state index is 0.431. The van der Waals surface area contributed by atoms with E-state index in [-0.39, 0.29) is 0 Å². The summed E-state index contributed by atoms with van der Waals surface area (Å²) >= 11 is 0. The van der Waals surface area contributed by atoms with Gasteiger partial charge in [-0.15, -0.1) is 0 Å². The molecule has 0 rings (SSSR count). The molecule has 0 aliphatic heterocycles. The molecule has 0 amide bonds. The average molecular weight is 155 g/mol. The topological polar surface area (TPSA) is 96.9 Å². The summed E-state index contributed by atoms with van der Waals surface area (Å²) in [5, 5.41) is 25.2. The van der Waals surface area contributed by atoms with E-state index in [0.29, 0.717) is 0 Å². The van der Waals surface area contributed by atoms with Crippen LogP contribution in [-0.4, -0.2) is 24.2 Å². The molecular formula is C6H9N3O2. The van der Waals surface area contributed by atoms with E-state index in [1.54, 1.807) is 14.0 Å². The summed E-state index contributed by atoms with van der Waals surface area (Å²) in [5.74, 6) is -0.817. The third kappa shape index (κ3) is 11.8. The molecule has 0 bridgehead atoms. The van der Waals surface area contributed by atoms with Crippen molar-refractivity contribution in [1.29, 1.82) is 10.5 Å². The van der Waals surface area contributed by atoms with Crippen molar-refractivity contribution in [3.8, 4) is 12.1 Å². The van der Waals surface area contributed by atoms with Crippen molar-refractivity contribution >= 4 is 5.97 Å². The summed E-state index contributed by atoms with van der Waals surface area (Å²) in [7, 11) is 1.61. The molecule has 0 spiro atoms. The average Bonchev–Trinajstić information content (AvgIpc) is 2.03. The maximum atomic E-state index is 9.87. The fraction of sp³-hybridized carbons (Fsp3) is 0.500. The molecule has 0 aliphatic carbocycles. The second-order valence-corrected chi connectivity index (χ2v) is 1.57. The molecule has 11 heavy (non-hydrogen) atoms. The quantitative estimate of drug-likeness (QED) is 0.571. The van der Waals surface area contributed by atoms with Gasteiger partial charge < -0.3 is 10.4 Å². The molecule has 1 atom stereocenters. The predicted molar refractivity (Wildman–Crippen MR) is 37.4 cm³/mol. The van der Waals surface area contributed by atoms with Crippen LogP contribution in [0.4, 0.5) is 0 Å². The van der Waals surface area contributed by atoms with Gasteiger partial charge >= 0.3 is 5.97 Å². The van der Waals surface area contributed by atoms with Crippen molar-refractivity contribution in [3.05, 3.63) is 0 Å². The Labute approximate surface area is 64.9 Å². The normalized spacial score (nSPS) is 9.45. The molecule has 0 fully saturated rings. The highest BCUT2D eigenvalue weighted by molar-refractivity contribution is 5.72. The Morgan fingerprint density at radius 2 is 1.91 bits per heavy atom. The maximum absolute atomic E-state index is 9.87. The third-order valence-corrected chi connectivity index (χ3v) is 0.853. The van der Waals surface area contributed by atoms with Crippen LogP contribution in [0.5, 0.6) is 0 Å². The van der Waals surface area contributed by atoms with Gasteiger partial charge in [0.25, 0.3) is 0 Å². The SMILES string of the molecule is CNC(C)C(=O)O.N#CC#N. The number of likely N-dealkylation sites (N-methyl/N-ethyl adjacent to an activating group) is 1. The Morgan fingerprint density at radius 1 is 1.55 bits per heavy atom. The number of carbonyl (C=O) groups is 1. The van der Waals surface area contributed by atoms with Gasteiger partial charge in [-0.2, -0.15) is 10.5 Å². The van der Waals surface area contributed by atoms with Crippen LogP contribution >= 0.6 is 0 Å². The van der Waals surface area contributed by atoms with Gasteiger partial charge in [-0.1, -0.05) is 0 Å². The number of nitrogens with one attached hydrogen (secondary N) is 1.